The minimum absolute atomic E-state index is 0.0173. The lowest BCUT2D eigenvalue weighted by atomic mass is 9.74. The molecule has 0 radical (unpaired) electrons. The molecule has 2 unspecified atom stereocenters. The van der Waals surface area contributed by atoms with Crippen molar-refractivity contribution in [2.45, 2.75) is 109 Å². The highest BCUT2D eigenvalue weighted by molar-refractivity contribution is 7.87. The van der Waals surface area contributed by atoms with E-state index in [1.54, 1.807) is 61.6 Å². The van der Waals surface area contributed by atoms with E-state index in [4.69, 9.17) is 9.57 Å². The number of methoxy groups -OCH3 is 1. The van der Waals surface area contributed by atoms with Gasteiger partial charge in [0.25, 0.3) is 62.4 Å². The molecule has 4 aromatic rings. The highest BCUT2D eigenvalue weighted by atomic mass is 32.2. The van der Waals surface area contributed by atoms with Crippen LogP contribution in [0.5, 0.6) is 0 Å². The minimum atomic E-state index is -5.07. The fourth-order valence-electron chi connectivity index (χ4n) is 10.7. The molecular weight excluding hydrogens is 1130 g/mol. The van der Waals surface area contributed by atoms with Gasteiger partial charge in [0.05, 0.1) is 21.0 Å². The summed E-state index contributed by atoms with van der Waals surface area (Å²) in [6.45, 7) is 6.10. The van der Waals surface area contributed by atoms with Crippen LogP contribution >= 0.6 is 0 Å². The van der Waals surface area contributed by atoms with Crippen LogP contribution < -0.4 is 4.90 Å². The molecule has 79 heavy (non-hydrogen) atoms. The van der Waals surface area contributed by atoms with Gasteiger partial charge in [-0.15, -0.1) is 5.06 Å². The predicted molar refractivity (Wildman–Crippen MR) is 288 cm³/mol. The summed E-state index contributed by atoms with van der Waals surface area (Å²) in [6.07, 6.45) is 13.0. The van der Waals surface area contributed by atoms with Crippen LogP contribution in [0.2, 0.25) is 0 Å². The number of hydrogen-bond acceptors (Lipinski definition) is 16. The number of anilines is 1. The van der Waals surface area contributed by atoms with E-state index in [0.717, 1.165) is 12.1 Å². The number of carbonyl (C=O) groups is 3. The Hall–Kier alpha value is -6.05. The number of allylic oxidation sites excluding steroid dienone is 8. The molecule has 0 aliphatic carbocycles. The minimum Gasteiger partial charge on any atom is -0.385 e. The zero-order valence-electron chi connectivity index (χ0n) is 43.1. The van der Waals surface area contributed by atoms with Crippen LogP contribution in [0.25, 0.3) is 21.5 Å². The van der Waals surface area contributed by atoms with Crippen molar-refractivity contribution >= 4 is 107 Å². The molecule has 1 fully saturated rings. The molecule has 7 rings (SSSR count). The van der Waals surface area contributed by atoms with Crippen molar-refractivity contribution in [1.29, 1.82) is 0 Å². The summed E-state index contributed by atoms with van der Waals surface area (Å²) in [5.74, 6) is -2.65. The largest absolute Gasteiger partial charge is 0.385 e. The Bertz CT molecular complexity index is 3930. The summed E-state index contributed by atoms with van der Waals surface area (Å²) in [6, 6.07) is 9.50. The number of fused-ring (bicyclic) bond motifs is 6. The van der Waals surface area contributed by atoms with Crippen LogP contribution in [-0.2, 0) is 85.4 Å². The van der Waals surface area contributed by atoms with Crippen LogP contribution in [-0.4, -0.2) is 131 Å². The van der Waals surface area contributed by atoms with Gasteiger partial charge < -0.3 is 14.5 Å². The van der Waals surface area contributed by atoms with E-state index in [2.05, 4.69) is 0 Å². The first-order valence-electron chi connectivity index (χ1n) is 24.5. The average Bonchev–Trinajstić information content (AvgIpc) is 2.98. The van der Waals surface area contributed by atoms with Crippen molar-refractivity contribution in [3.8, 4) is 0 Å². The molecule has 1 saturated heterocycles. The lowest BCUT2D eigenvalue weighted by Crippen LogP contribution is -2.32. The Morgan fingerprint density at radius 3 is 1.76 bits per heavy atom. The van der Waals surface area contributed by atoms with Gasteiger partial charge in [-0.05, 0) is 112 Å². The Labute approximate surface area is 457 Å². The van der Waals surface area contributed by atoms with Crippen LogP contribution in [0.1, 0.15) is 89.7 Å². The number of unbranched alkanes of at least 4 members (excludes halogenated alkanes) is 2. The van der Waals surface area contributed by atoms with Gasteiger partial charge in [0, 0.05) is 84.8 Å². The second kappa shape index (κ2) is 22.8. The summed E-state index contributed by atoms with van der Waals surface area (Å²) in [5.41, 5.74) is 0.698. The summed E-state index contributed by atoms with van der Waals surface area (Å²) >= 11 is 0. The number of nitrogens with zero attached hydrogens (tertiary/aromatic N) is 3. The van der Waals surface area contributed by atoms with Gasteiger partial charge in [0.2, 0.25) is 5.69 Å². The Morgan fingerprint density at radius 2 is 1.22 bits per heavy atom. The summed E-state index contributed by atoms with van der Waals surface area (Å²) < 4.78 is 183. The molecule has 3 heterocycles. The van der Waals surface area contributed by atoms with Crippen LogP contribution in [0.15, 0.2) is 116 Å². The normalized spacial score (nSPS) is 19.9. The molecule has 5 N–H and O–H groups in total. The molecule has 2 atom stereocenters. The maximum atomic E-state index is 12.8. The fourth-order valence-corrected chi connectivity index (χ4v) is 13.9. The van der Waals surface area contributed by atoms with Crippen molar-refractivity contribution < 1.29 is 93.4 Å². The van der Waals surface area contributed by atoms with Gasteiger partial charge in [0.1, 0.15) is 16.3 Å². The van der Waals surface area contributed by atoms with Crippen molar-refractivity contribution in [3.63, 3.8) is 0 Å². The number of benzene rings is 4. The first-order chi connectivity index (χ1) is 36.8. The number of imide groups is 1. The third kappa shape index (κ3) is 12.8. The Balaban J connectivity index is 1.27. The quantitative estimate of drug-likeness (QED) is 0.0172. The number of carbonyl (C=O) groups excluding carboxylic acids is 3. The van der Waals surface area contributed by atoms with Gasteiger partial charge in [-0.3, -0.25) is 32.4 Å². The molecule has 28 heteroatoms. The number of rotatable bonds is 23. The van der Waals surface area contributed by atoms with Gasteiger partial charge >= 0.3 is 5.97 Å². The monoisotopic (exact) mass is 1190 g/mol. The van der Waals surface area contributed by atoms with Crippen LogP contribution in [0, 0.1) is 0 Å². The molecule has 426 valence electrons. The third-order valence-electron chi connectivity index (χ3n) is 14.3. The van der Waals surface area contributed by atoms with Crippen molar-refractivity contribution in [2.24, 2.45) is 0 Å². The smallest absolute Gasteiger partial charge is 0.333 e. The molecular formula is C51H58N3O20S5+. The summed E-state index contributed by atoms with van der Waals surface area (Å²) in [5, 5.41) is 0.488. The molecule has 3 aliphatic heterocycles. The first kappa shape index (κ1) is 60.6. The molecule has 2 amide bonds. The maximum Gasteiger partial charge on any atom is 0.333 e. The Kier molecular flexibility index (Phi) is 17.5. The average molecular weight is 1190 g/mol. The third-order valence-corrected chi connectivity index (χ3v) is 18.5. The highest BCUT2D eigenvalue weighted by Crippen LogP contribution is 2.54. The van der Waals surface area contributed by atoms with Crippen molar-refractivity contribution in [3.05, 3.63) is 108 Å². The number of amides is 2. The highest BCUT2D eigenvalue weighted by Gasteiger charge is 2.49. The number of hydroxylamine groups is 2. The topological polar surface area (TPSA) is 351 Å². The lowest BCUT2D eigenvalue weighted by Gasteiger charge is -2.30. The molecule has 4 aromatic carbocycles. The van der Waals surface area contributed by atoms with Crippen molar-refractivity contribution in [2.75, 3.05) is 37.5 Å². The van der Waals surface area contributed by atoms with E-state index in [0.29, 0.717) is 76.9 Å². The summed E-state index contributed by atoms with van der Waals surface area (Å²) in [4.78, 5) is 40.3. The standard InChI is InChI=1S/C51H57N3O20S5/c1-5-52-39-20-18-35-37(29-33(76(61,62)63)31-41(35)78(67,68)69)48(39)50(2,24-14-28-75(58,59)60)43(52)15-10-7-6-8-11-16-44-51(3,25-27-73-4)49-38-30-34(77(64,65)66)32-42(79(70,71)72)36(38)19-21-40(49)53(44)26-13-9-12-17-47(57)74-54-45(55)22-23-46(54)56/h6-8,10-11,15-16,18-21,29-32H,5,9,12-14,17,22-28H2,1-4H3,(H4-,58,59,60,61,62,63,64,65,66,67,68,69,70,71,72)/p+1. The van der Waals surface area contributed by atoms with E-state index in [1.807, 2.05) is 23.3 Å². The lowest BCUT2D eigenvalue weighted by molar-refractivity contribution is -0.433. The number of ether oxygens (including phenoxy) is 1. The molecule has 0 spiro atoms. The second-order valence-corrected chi connectivity index (χ2v) is 26.7. The molecule has 23 nitrogen and oxygen atoms in total. The second-order valence-electron chi connectivity index (χ2n) is 19.5. The van der Waals surface area contributed by atoms with Crippen LogP contribution in [0.3, 0.4) is 0 Å². The Morgan fingerprint density at radius 1 is 0.658 bits per heavy atom. The van der Waals surface area contributed by atoms with Crippen LogP contribution in [0.4, 0.5) is 11.4 Å². The van der Waals surface area contributed by atoms with E-state index in [1.165, 1.54) is 19.2 Å². The molecule has 0 saturated carbocycles. The van der Waals surface area contributed by atoms with E-state index >= 15 is 0 Å². The zero-order valence-corrected chi connectivity index (χ0v) is 47.2. The van der Waals surface area contributed by atoms with E-state index < -0.39 is 105 Å². The first-order valence-corrected chi connectivity index (χ1v) is 31.9. The van der Waals surface area contributed by atoms with Gasteiger partial charge in [-0.2, -0.15) is 46.7 Å². The molecule has 0 aromatic heterocycles. The van der Waals surface area contributed by atoms with E-state index in [9.17, 15) is 79.2 Å². The van der Waals surface area contributed by atoms with Crippen molar-refractivity contribution in [1.82, 2.24) is 5.06 Å². The predicted octanol–water partition coefficient (Wildman–Crippen LogP) is 6.56. The van der Waals surface area contributed by atoms with Gasteiger partial charge in [-0.25, -0.2) is 4.79 Å². The fraction of sp³-hybridized carbons (Fsp3) is 0.373. The molecule has 0 bridgehead atoms. The number of hydrogen-bond donors (Lipinski definition) is 5. The zero-order chi connectivity index (χ0) is 58.3. The van der Waals surface area contributed by atoms with Gasteiger partial charge in [0.15, 0.2) is 5.71 Å². The van der Waals surface area contributed by atoms with Gasteiger partial charge in [-0.1, -0.05) is 42.9 Å². The SMILES string of the molecule is CC[N+]1=C(/C=C/C=C/C=C/C=C2/N(CCCCCC(=O)ON3C(=O)CCC3=O)c3ccc4c(S(=O)(=O)O)cc(S(=O)(=O)O)cc4c3C2(C)CCOC)C(C)(CCCS(=O)(=O)O)c2c1ccc1c(S(=O)(=O)O)cc(S(=O)(=O)O)cc21. The summed E-state index contributed by atoms with van der Waals surface area (Å²) in [7, 11) is -23.2. The maximum absolute atomic E-state index is 12.8. The molecule has 3 aliphatic rings. The van der Waals surface area contributed by atoms with E-state index in [-0.39, 0.29) is 73.2 Å².